The number of carbonyl (C=O) groups is 2. The van der Waals surface area contributed by atoms with Crippen molar-refractivity contribution in [1.29, 1.82) is 0 Å². The van der Waals surface area contributed by atoms with Gasteiger partial charge in [-0.05, 0) is 5.92 Å². The molecule has 6 heteroatoms. The minimum Gasteiger partial charge on any atom is -0.448 e. The molecule has 0 aliphatic carbocycles. The number of hydrogen-bond acceptors (Lipinski definition) is 5. The molecule has 1 saturated heterocycles. The average molecular weight is 268 g/mol. The van der Waals surface area contributed by atoms with Gasteiger partial charge in [0.15, 0.2) is 11.5 Å². The Morgan fingerprint density at radius 1 is 1.67 bits per heavy atom. The lowest BCUT2D eigenvalue weighted by Crippen LogP contribution is -2.27. The van der Waals surface area contributed by atoms with E-state index in [0.717, 1.165) is 18.1 Å². The molecule has 1 amide bonds. The van der Waals surface area contributed by atoms with Crippen LogP contribution in [0, 0.1) is 5.92 Å². The molecule has 1 fully saturated rings. The van der Waals surface area contributed by atoms with Crippen molar-refractivity contribution in [2.24, 2.45) is 5.92 Å². The molecule has 1 aliphatic rings. The number of rotatable bonds is 5. The molecule has 5 nitrogen and oxygen atoms in total. The van der Waals surface area contributed by atoms with Gasteiger partial charge in [-0.25, -0.2) is 4.98 Å². The number of nitrogens with zero attached hydrogens (tertiary/aromatic N) is 2. The number of carbonyl (C=O) groups excluding carboxylic acids is 2. The van der Waals surface area contributed by atoms with Gasteiger partial charge in [0.2, 0.25) is 5.91 Å². The zero-order chi connectivity index (χ0) is 13.0. The zero-order valence-corrected chi connectivity index (χ0v) is 11.1. The molecule has 1 unspecified atom stereocenters. The lowest BCUT2D eigenvalue weighted by Gasteiger charge is -2.15. The number of hydrogen-bond donors (Lipinski definition) is 0. The largest absolute Gasteiger partial charge is 0.448 e. The van der Waals surface area contributed by atoms with Crippen molar-refractivity contribution in [3.05, 3.63) is 18.4 Å². The second-order valence-electron chi connectivity index (χ2n) is 4.43. The quantitative estimate of drug-likeness (QED) is 0.806. The molecule has 0 radical (unpaired) electrons. The first kappa shape index (κ1) is 13.1. The predicted octanol–water partition coefficient (Wildman–Crippen LogP) is 1.35. The smallest absolute Gasteiger partial charge is 0.222 e. The molecule has 0 bridgehead atoms. The lowest BCUT2D eigenvalue weighted by atomic mass is 10.1. The van der Waals surface area contributed by atoms with Gasteiger partial charge in [-0.15, -0.1) is 0 Å². The molecule has 0 N–H and O–H groups in total. The van der Waals surface area contributed by atoms with E-state index in [1.54, 1.807) is 13.1 Å². The predicted molar refractivity (Wildman–Crippen MR) is 68.0 cm³/mol. The molecular weight excluding hydrogens is 252 g/mol. The van der Waals surface area contributed by atoms with Crippen LogP contribution in [-0.4, -0.2) is 39.7 Å². The number of aromatic nitrogens is 1. The highest BCUT2D eigenvalue weighted by Gasteiger charge is 2.29. The van der Waals surface area contributed by atoms with Gasteiger partial charge in [-0.1, -0.05) is 11.8 Å². The third-order valence-electron chi connectivity index (χ3n) is 2.93. The van der Waals surface area contributed by atoms with E-state index in [0.29, 0.717) is 25.3 Å². The maximum Gasteiger partial charge on any atom is 0.222 e. The van der Waals surface area contributed by atoms with E-state index in [4.69, 9.17) is 4.42 Å². The second kappa shape index (κ2) is 6.04. The Morgan fingerprint density at radius 3 is 3.17 bits per heavy atom. The van der Waals surface area contributed by atoms with Gasteiger partial charge in [0, 0.05) is 38.6 Å². The average Bonchev–Trinajstić information content (AvgIpc) is 2.93. The van der Waals surface area contributed by atoms with E-state index in [1.165, 1.54) is 18.2 Å². The summed E-state index contributed by atoms with van der Waals surface area (Å²) in [4.78, 5) is 28.3. The fraction of sp³-hybridized carbons (Fsp3) is 0.583. The number of thioether (sulfide) groups is 1. The van der Waals surface area contributed by atoms with Gasteiger partial charge in [0.1, 0.15) is 5.76 Å². The number of likely N-dealkylation sites (tertiary alicyclic amines) is 1. The fourth-order valence-electron chi connectivity index (χ4n) is 2.03. The maximum absolute atomic E-state index is 11.8. The molecule has 2 heterocycles. The summed E-state index contributed by atoms with van der Waals surface area (Å²) in [5.74, 6) is 1.99. The topological polar surface area (TPSA) is 63.4 Å². The van der Waals surface area contributed by atoms with Crippen molar-refractivity contribution in [3.63, 3.8) is 0 Å². The van der Waals surface area contributed by atoms with E-state index in [1.807, 2.05) is 4.90 Å². The van der Waals surface area contributed by atoms with Crippen LogP contribution in [0.2, 0.25) is 0 Å². The van der Waals surface area contributed by atoms with Gasteiger partial charge in [0.25, 0.3) is 0 Å². The molecule has 98 valence electrons. The van der Waals surface area contributed by atoms with Crippen LogP contribution in [-0.2, 0) is 16.0 Å². The summed E-state index contributed by atoms with van der Waals surface area (Å²) >= 11 is 1.30. The van der Waals surface area contributed by atoms with Crippen LogP contribution in [0.1, 0.15) is 19.1 Å². The highest BCUT2D eigenvalue weighted by molar-refractivity contribution is 8.13. The van der Waals surface area contributed by atoms with E-state index < -0.39 is 0 Å². The molecule has 0 spiro atoms. The Labute approximate surface area is 110 Å². The third kappa shape index (κ3) is 3.60. The van der Waals surface area contributed by atoms with Crippen molar-refractivity contribution < 1.29 is 14.0 Å². The molecule has 1 aliphatic heterocycles. The lowest BCUT2D eigenvalue weighted by molar-refractivity contribution is -0.127. The Balaban J connectivity index is 1.76. The van der Waals surface area contributed by atoms with Crippen LogP contribution >= 0.6 is 11.8 Å². The Kier molecular flexibility index (Phi) is 4.41. The van der Waals surface area contributed by atoms with Gasteiger partial charge >= 0.3 is 0 Å². The summed E-state index contributed by atoms with van der Waals surface area (Å²) in [6.07, 6.45) is 4.31. The molecule has 1 aromatic heterocycles. The summed E-state index contributed by atoms with van der Waals surface area (Å²) < 4.78 is 5.14. The second-order valence-corrected chi connectivity index (χ2v) is 5.63. The highest BCUT2D eigenvalue weighted by Crippen LogP contribution is 2.22. The molecule has 1 atom stereocenters. The molecule has 0 aromatic carbocycles. The summed E-state index contributed by atoms with van der Waals surface area (Å²) in [5.41, 5.74) is 0. The van der Waals surface area contributed by atoms with Gasteiger partial charge in [-0.2, -0.15) is 0 Å². The van der Waals surface area contributed by atoms with Crippen molar-refractivity contribution in [2.45, 2.75) is 19.8 Å². The van der Waals surface area contributed by atoms with Crippen molar-refractivity contribution in [3.8, 4) is 0 Å². The zero-order valence-electron chi connectivity index (χ0n) is 10.3. The van der Waals surface area contributed by atoms with Crippen LogP contribution in [0.4, 0.5) is 0 Å². The minimum absolute atomic E-state index is 0.113. The fourth-order valence-corrected chi connectivity index (χ4v) is 2.72. The van der Waals surface area contributed by atoms with Crippen LogP contribution in [0.5, 0.6) is 0 Å². The van der Waals surface area contributed by atoms with Gasteiger partial charge < -0.3 is 9.32 Å². The standard InChI is InChI=1S/C12H16N2O3S/c1-9(15)18-7-10-4-12(16)14(6-10)3-2-11-5-13-8-17-11/h5,8,10H,2-4,6-7H2,1H3. The van der Waals surface area contributed by atoms with E-state index in [2.05, 4.69) is 4.98 Å². The monoisotopic (exact) mass is 268 g/mol. The summed E-state index contributed by atoms with van der Waals surface area (Å²) in [5, 5.41) is 0.113. The first-order valence-electron chi connectivity index (χ1n) is 5.93. The summed E-state index contributed by atoms with van der Waals surface area (Å²) in [6, 6.07) is 0. The first-order chi connectivity index (χ1) is 8.65. The number of amides is 1. The van der Waals surface area contributed by atoms with Gasteiger partial charge in [0.05, 0.1) is 6.20 Å². The normalized spacial score (nSPS) is 19.5. The van der Waals surface area contributed by atoms with Crippen LogP contribution in [0.25, 0.3) is 0 Å². The molecule has 0 saturated carbocycles. The summed E-state index contributed by atoms with van der Waals surface area (Å²) in [6.45, 7) is 2.96. The van der Waals surface area contributed by atoms with Crippen molar-refractivity contribution >= 4 is 22.8 Å². The molecule has 1 aromatic rings. The Bertz CT molecular complexity index is 419. The minimum atomic E-state index is 0.113. The van der Waals surface area contributed by atoms with Crippen LogP contribution in [0.3, 0.4) is 0 Å². The maximum atomic E-state index is 11.8. The van der Waals surface area contributed by atoms with Crippen molar-refractivity contribution in [2.75, 3.05) is 18.8 Å². The Hall–Kier alpha value is -1.30. The van der Waals surface area contributed by atoms with Crippen LogP contribution in [0.15, 0.2) is 17.0 Å². The SMILES string of the molecule is CC(=O)SCC1CC(=O)N(CCc2cnco2)C1. The third-order valence-corrected chi connectivity index (χ3v) is 3.97. The number of oxazole rings is 1. The first-order valence-corrected chi connectivity index (χ1v) is 6.92. The van der Waals surface area contributed by atoms with Gasteiger partial charge in [-0.3, -0.25) is 9.59 Å². The van der Waals surface area contributed by atoms with Crippen LogP contribution < -0.4 is 0 Å². The van der Waals surface area contributed by atoms with E-state index in [9.17, 15) is 9.59 Å². The van der Waals surface area contributed by atoms with E-state index >= 15 is 0 Å². The van der Waals surface area contributed by atoms with Crippen molar-refractivity contribution in [1.82, 2.24) is 9.88 Å². The highest BCUT2D eigenvalue weighted by atomic mass is 32.2. The summed E-state index contributed by atoms with van der Waals surface area (Å²) in [7, 11) is 0. The molecule has 2 rings (SSSR count). The Morgan fingerprint density at radius 2 is 2.50 bits per heavy atom. The molecule has 18 heavy (non-hydrogen) atoms. The molecular formula is C12H16N2O3S. The van der Waals surface area contributed by atoms with E-state index in [-0.39, 0.29) is 11.0 Å².